The minimum absolute atomic E-state index is 0.132. The van der Waals surface area contributed by atoms with Gasteiger partial charge in [0.05, 0.1) is 10.7 Å². The van der Waals surface area contributed by atoms with Crippen molar-refractivity contribution in [1.82, 2.24) is 18.9 Å². The molecule has 0 aliphatic heterocycles. The Kier molecular flexibility index (Phi) is 3.50. The van der Waals surface area contributed by atoms with E-state index in [0.717, 1.165) is 10.9 Å². The molecule has 3 aromatic rings. The Bertz CT molecular complexity index is 827. The van der Waals surface area contributed by atoms with Gasteiger partial charge in [0, 0.05) is 37.5 Å². The average molecular weight is 307 g/mol. The van der Waals surface area contributed by atoms with Crippen LogP contribution in [-0.2, 0) is 12.8 Å². The van der Waals surface area contributed by atoms with Gasteiger partial charge in [-0.15, -0.1) is 0 Å². The first-order chi connectivity index (χ1) is 9.63. The Morgan fingerprint density at radius 2 is 2.25 bits per heavy atom. The van der Waals surface area contributed by atoms with E-state index in [1.165, 1.54) is 10.5 Å². The summed E-state index contributed by atoms with van der Waals surface area (Å²) >= 11 is 7.42. The van der Waals surface area contributed by atoms with Crippen LogP contribution in [0.25, 0.3) is 5.65 Å². The van der Waals surface area contributed by atoms with Gasteiger partial charge in [-0.25, -0.2) is 9.97 Å². The minimum atomic E-state index is -0.132. The molecule has 102 valence electrons. The van der Waals surface area contributed by atoms with E-state index in [2.05, 4.69) is 9.97 Å². The second-order valence-corrected chi connectivity index (χ2v) is 5.65. The Morgan fingerprint density at radius 1 is 1.40 bits per heavy atom. The van der Waals surface area contributed by atoms with E-state index in [9.17, 15) is 4.79 Å². The number of hydrogen-bond acceptors (Lipinski definition) is 4. The smallest absolute Gasteiger partial charge is 0.258 e. The first kappa shape index (κ1) is 13.2. The van der Waals surface area contributed by atoms with Crippen molar-refractivity contribution in [3.63, 3.8) is 0 Å². The van der Waals surface area contributed by atoms with Crippen molar-refractivity contribution in [2.75, 3.05) is 0 Å². The zero-order valence-corrected chi connectivity index (χ0v) is 12.2. The van der Waals surface area contributed by atoms with E-state index in [-0.39, 0.29) is 5.56 Å². The summed E-state index contributed by atoms with van der Waals surface area (Å²) in [6.07, 6.45) is 5.20. The number of imidazole rings is 1. The molecule has 7 heteroatoms. The SMILES string of the molecule is Cn1ccnc1SCc1cc(=O)n2cc(Cl)ccc2n1. The van der Waals surface area contributed by atoms with Crippen molar-refractivity contribution >= 4 is 29.0 Å². The molecule has 0 aromatic carbocycles. The summed E-state index contributed by atoms with van der Waals surface area (Å²) in [6.45, 7) is 0. The molecule has 0 aliphatic rings. The van der Waals surface area contributed by atoms with Gasteiger partial charge in [0.2, 0.25) is 0 Å². The summed E-state index contributed by atoms with van der Waals surface area (Å²) < 4.78 is 3.37. The lowest BCUT2D eigenvalue weighted by Gasteiger charge is -2.04. The first-order valence-electron chi connectivity index (χ1n) is 5.91. The topological polar surface area (TPSA) is 52.2 Å². The highest BCUT2D eigenvalue weighted by Crippen LogP contribution is 2.19. The van der Waals surface area contributed by atoms with Gasteiger partial charge in [-0.1, -0.05) is 23.4 Å². The Hall–Kier alpha value is -1.79. The number of aryl methyl sites for hydroxylation is 1. The predicted molar refractivity (Wildman–Crippen MR) is 79.2 cm³/mol. The zero-order valence-electron chi connectivity index (χ0n) is 10.7. The third-order valence-corrected chi connectivity index (χ3v) is 4.12. The van der Waals surface area contributed by atoms with Crippen LogP contribution in [0.3, 0.4) is 0 Å². The number of thioether (sulfide) groups is 1. The highest BCUT2D eigenvalue weighted by molar-refractivity contribution is 7.98. The van der Waals surface area contributed by atoms with Crippen LogP contribution in [0, 0.1) is 0 Å². The standard InChI is InChI=1S/C13H11ClN4OS/c1-17-5-4-15-13(17)20-8-10-6-12(19)18-7-9(14)2-3-11(18)16-10/h2-7H,8H2,1H3. The van der Waals surface area contributed by atoms with E-state index < -0.39 is 0 Å². The first-order valence-corrected chi connectivity index (χ1v) is 7.28. The van der Waals surface area contributed by atoms with Gasteiger partial charge in [0.25, 0.3) is 5.56 Å². The predicted octanol–water partition coefficient (Wildman–Crippen LogP) is 2.37. The van der Waals surface area contributed by atoms with Crippen molar-refractivity contribution in [1.29, 1.82) is 0 Å². The third kappa shape index (κ3) is 2.57. The molecule has 0 saturated carbocycles. The lowest BCUT2D eigenvalue weighted by Crippen LogP contribution is -2.15. The molecule has 0 radical (unpaired) electrons. The molecule has 0 aliphatic carbocycles. The van der Waals surface area contributed by atoms with Crippen LogP contribution in [0.1, 0.15) is 5.69 Å². The van der Waals surface area contributed by atoms with E-state index in [0.29, 0.717) is 16.4 Å². The number of rotatable bonds is 3. The number of pyridine rings is 1. The molecule has 5 nitrogen and oxygen atoms in total. The van der Waals surface area contributed by atoms with Crippen LogP contribution in [-0.4, -0.2) is 18.9 Å². The second-order valence-electron chi connectivity index (χ2n) is 4.27. The Labute approximate surface area is 124 Å². The average Bonchev–Trinajstić information content (AvgIpc) is 2.83. The molecule has 3 rings (SSSR count). The highest BCUT2D eigenvalue weighted by atomic mass is 35.5. The Balaban J connectivity index is 1.91. The minimum Gasteiger partial charge on any atom is -0.329 e. The monoisotopic (exact) mass is 306 g/mol. The molecule has 20 heavy (non-hydrogen) atoms. The molecule has 0 atom stereocenters. The molecular formula is C13H11ClN4OS. The lowest BCUT2D eigenvalue weighted by atomic mass is 10.4. The van der Waals surface area contributed by atoms with Gasteiger partial charge < -0.3 is 4.57 Å². The van der Waals surface area contributed by atoms with Crippen LogP contribution in [0.2, 0.25) is 5.02 Å². The fraction of sp³-hybridized carbons (Fsp3) is 0.154. The quantitative estimate of drug-likeness (QED) is 0.697. The van der Waals surface area contributed by atoms with Gasteiger partial charge in [0.1, 0.15) is 5.65 Å². The van der Waals surface area contributed by atoms with Crippen molar-refractivity contribution in [2.24, 2.45) is 7.05 Å². The van der Waals surface area contributed by atoms with Crippen LogP contribution in [0.4, 0.5) is 0 Å². The van der Waals surface area contributed by atoms with Gasteiger partial charge >= 0.3 is 0 Å². The largest absolute Gasteiger partial charge is 0.329 e. The highest BCUT2D eigenvalue weighted by Gasteiger charge is 2.06. The summed E-state index contributed by atoms with van der Waals surface area (Å²) in [6, 6.07) is 4.98. The molecule has 0 bridgehead atoms. The van der Waals surface area contributed by atoms with Crippen molar-refractivity contribution < 1.29 is 0 Å². The molecule has 0 fully saturated rings. The fourth-order valence-electron chi connectivity index (χ4n) is 1.83. The van der Waals surface area contributed by atoms with E-state index in [1.807, 2.05) is 17.8 Å². The number of fused-ring (bicyclic) bond motifs is 1. The fourth-order valence-corrected chi connectivity index (χ4v) is 2.81. The maximum atomic E-state index is 12.0. The molecule has 0 spiro atoms. The van der Waals surface area contributed by atoms with Crippen LogP contribution >= 0.6 is 23.4 Å². The summed E-state index contributed by atoms with van der Waals surface area (Å²) in [5, 5.41) is 1.40. The molecule has 3 aromatic heterocycles. The van der Waals surface area contributed by atoms with Crippen LogP contribution in [0.15, 0.2) is 46.7 Å². The molecule has 0 unspecified atom stereocenters. The molecule has 0 amide bonds. The molecule has 0 saturated heterocycles. The Morgan fingerprint density at radius 3 is 3.00 bits per heavy atom. The summed E-state index contributed by atoms with van der Waals surface area (Å²) in [5.41, 5.74) is 1.19. The van der Waals surface area contributed by atoms with Crippen LogP contribution in [0.5, 0.6) is 0 Å². The molecule has 3 heterocycles. The van der Waals surface area contributed by atoms with E-state index in [1.54, 1.807) is 36.3 Å². The summed E-state index contributed by atoms with van der Waals surface area (Å²) in [5.74, 6) is 0.596. The normalized spacial score (nSPS) is 11.1. The molecular weight excluding hydrogens is 296 g/mol. The number of aromatic nitrogens is 4. The van der Waals surface area contributed by atoms with Crippen LogP contribution < -0.4 is 5.56 Å². The third-order valence-electron chi connectivity index (χ3n) is 2.80. The van der Waals surface area contributed by atoms with Gasteiger partial charge in [-0.05, 0) is 12.1 Å². The van der Waals surface area contributed by atoms with Gasteiger partial charge in [-0.3, -0.25) is 9.20 Å². The molecule has 0 N–H and O–H groups in total. The lowest BCUT2D eigenvalue weighted by molar-refractivity contribution is 0.789. The van der Waals surface area contributed by atoms with Gasteiger partial charge in [0.15, 0.2) is 5.16 Å². The van der Waals surface area contributed by atoms with E-state index in [4.69, 9.17) is 11.6 Å². The zero-order chi connectivity index (χ0) is 14.1. The maximum absolute atomic E-state index is 12.0. The number of nitrogens with zero attached hydrogens (tertiary/aromatic N) is 4. The van der Waals surface area contributed by atoms with Crippen molar-refractivity contribution in [3.05, 3.63) is 57.9 Å². The second kappa shape index (κ2) is 5.30. The summed E-state index contributed by atoms with van der Waals surface area (Å²) in [4.78, 5) is 20.7. The van der Waals surface area contributed by atoms with E-state index >= 15 is 0 Å². The maximum Gasteiger partial charge on any atom is 0.258 e. The van der Waals surface area contributed by atoms with Crippen molar-refractivity contribution in [3.8, 4) is 0 Å². The number of hydrogen-bond donors (Lipinski definition) is 0. The van der Waals surface area contributed by atoms with Crippen molar-refractivity contribution in [2.45, 2.75) is 10.9 Å². The van der Waals surface area contributed by atoms with Gasteiger partial charge in [-0.2, -0.15) is 0 Å². The number of halogens is 1. The summed E-state index contributed by atoms with van der Waals surface area (Å²) in [7, 11) is 1.93.